The lowest BCUT2D eigenvalue weighted by Crippen LogP contribution is -2.36. The molecule has 7 heteroatoms. The van der Waals surface area contributed by atoms with E-state index in [0.717, 1.165) is 12.0 Å². The van der Waals surface area contributed by atoms with Crippen molar-refractivity contribution in [3.63, 3.8) is 0 Å². The zero-order chi connectivity index (χ0) is 19.9. The lowest BCUT2D eigenvalue weighted by atomic mass is 10.0. The molecule has 152 valence electrons. The first-order valence-electron chi connectivity index (χ1n) is 10.3. The van der Waals surface area contributed by atoms with Gasteiger partial charge >= 0.3 is 0 Å². The Balaban J connectivity index is 1.57. The van der Waals surface area contributed by atoms with E-state index in [1.807, 2.05) is 12.1 Å². The molecule has 7 nitrogen and oxygen atoms in total. The van der Waals surface area contributed by atoms with Crippen molar-refractivity contribution in [3.8, 4) is 11.4 Å². The highest BCUT2D eigenvalue weighted by molar-refractivity contribution is 5.75. The number of aryl methyl sites for hydroxylation is 1. The van der Waals surface area contributed by atoms with Gasteiger partial charge in [0.25, 0.3) is 0 Å². The molecule has 28 heavy (non-hydrogen) atoms. The number of aliphatic hydroxyl groups is 1. The number of guanidine groups is 1. The van der Waals surface area contributed by atoms with E-state index in [2.05, 4.69) is 29.2 Å². The Hall–Kier alpha value is -2.41. The van der Waals surface area contributed by atoms with E-state index in [9.17, 15) is 5.11 Å². The van der Waals surface area contributed by atoms with Crippen LogP contribution in [0.5, 0.6) is 0 Å². The maximum atomic E-state index is 9.88. The minimum atomic E-state index is -0.550. The molecule has 0 unspecified atom stereocenters. The van der Waals surface area contributed by atoms with Gasteiger partial charge in [-0.05, 0) is 18.4 Å². The highest BCUT2D eigenvalue weighted by Gasteiger charge is 2.36. The number of nitrogens with zero attached hydrogens (tertiary/aromatic N) is 3. The van der Waals surface area contributed by atoms with Crippen molar-refractivity contribution in [2.45, 2.75) is 70.4 Å². The highest BCUT2D eigenvalue weighted by Crippen LogP contribution is 2.31. The van der Waals surface area contributed by atoms with Gasteiger partial charge in [0.2, 0.25) is 11.7 Å². The predicted octanol–water partition coefficient (Wildman–Crippen LogP) is 3.64. The van der Waals surface area contributed by atoms with Crippen molar-refractivity contribution in [1.82, 2.24) is 15.0 Å². The van der Waals surface area contributed by atoms with Crippen molar-refractivity contribution < 1.29 is 9.63 Å². The summed E-state index contributed by atoms with van der Waals surface area (Å²) in [6.07, 6.45) is 8.77. The molecule has 0 radical (unpaired) electrons. The summed E-state index contributed by atoms with van der Waals surface area (Å²) in [5.41, 5.74) is 7.83. The Morgan fingerprint density at radius 2 is 1.93 bits per heavy atom. The number of benzene rings is 1. The van der Waals surface area contributed by atoms with Gasteiger partial charge in [0.1, 0.15) is 6.04 Å². The second kappa shape index (κ2) is 9.68. The van der Waals surface area contributed by atoms with Crippen molar-refractivity contribution in [2.75, 3.05) is 6.54 Å². The number of hydrogen-bond acceptors (Lipinski definition) is 5. The van der Waals surface area contributed by atoms with Crippen LogP contribution in [-0.4, -0.2) is 38.8 Å². The highest BCUT2D eigenvalue weighted by atomic mass is 16.5. The maximum Gasteiger partial charge on any atom is 0.249 e. The van der Waals surface area contributed by atoms with Gasteiger partial charge in [-0.25, -0.2) is 0 Å². The zero-order valence-electron chi connectivity index (χ0n) is 16.6. The van der Waals surface area contributed by atoms with Crippen LogP contribution in [0.2, 0.25) is 0 Å². The molecule has 0 bridgehead atoms. The fourth-order valence-electron chi connectivity index (χ4n) is 3.73. The molecule has 1 saturated heterocycles. The average molecular weight is 386 g/mol. The third-order valence-electron chi connectivity index (χ3n) is 5.35. The van der Waals surface area contributed by atoms with Gasteiger partial charge in [0.15, 0.2) is 5.96 Å². The summed E-state index contributed by atoms with van der Waals surface area (Å²) >= 11 is 0. The maximum absolute atomic E-state index is 9.88. The zero-order valence-corrected chi connectivity index (χ0v) is 16.6. The average Bonchev–Trinajstić information content (AvgIpc) is 3.32. The Morgan fingerprint density at radius 3 is 2.64 bits per heavy atom. The molecule has 0 spiro atoms. The minimum absolute atomic E-state index is 0.0969. The second-order valence-corrected chi connectivity index (χ2v) is 7.61. The normalized spacial score (nSPS) is 19.3. The van der Waals surface area contributed by atoms with Gasteiger partial charge in [-0.2, -0.15) is 4.98 Å². The van der Waals surface area contributed by atoms with Crippen LogP contribution >= 0.6 is 0 Å². The van der Waals surface area contributed by atoms with Gasteiger partial charge in [-0.15, -0.1) is 0 Å². The molecule has 0 saturated carbocycles. The summed E-state index contributed by atoms with van der Waals surface area (Å²) in [6.45, 7) is 2.55. The molecule has 0 aliphatic carbocycles. The van der Waals surface area contributed by atoms with Gasteiger partial charge in [0.05, 0.1) is 6.10 Å². The van der Waals surface area contributed by atoms with Crippen molar-refractivity contribution in [3.05, 3.63) is 35.7 Å². The third kappa shape index (κ3) is 5.10. The number of unbranched alkanes of at least 4 members (excludes halogenated alkanes) is 5. The van der Waals surface area contributed by atoms with E-state index in [1.165, 1.54) is 44.1 Å². The third-order valence-corrected chi connectivity index (χ3v) is 5.35. The summed E-state index contributed by atoms with van der Waals surface area (Å²) in [7, 11) is 0. The van der Waals surface area contributed by atoms with E-state index < -0.39 is 6.10 Å². The molecule has 2 heterocycles. The SMILES string of the molecule is CCCCCCCCc1ccc(-c2noc([C@@H]3C[C@H](O)CN3C(=N)N)n2)cc1. The molecule has 1 aliphatic rings. The molecule has 3 rings (SSSR count). The van der Waals surface area contributed by atoms with E-state index in [1.54, 1.807) is 4.90 Å². The standard InChI is InChI=1S/C21H31N5O2/c1-2-3-4-5-6-7-8-15-9-11-16(12-10-15)19-24-20(28-25-19)18-13-17(27)14-26(18)21(22)23/h9-12,17-18,27H,2-8,13-14H2,1H3,(H3,22,23)/t17-,18-/m0/s1. The molecule has 4 N–H and O–H groups in total. The number of rotatable bonds is 9. The second-order valence-electron chi connectivity index (χ2n) is 7.61. The first-order chi connectivity index (χ1) is 13.6. The Bertz CT molecular complexity index is 758. The van der Waals surface area contributed by atoms with Crippen LogP contribution in [0.15, 0.2) is 28.8 Å². The van der Waals surface area contributed by atoms with Crippen LogP contribution in [0.25, 0.3) is 11.4 Å². The van der Waals surface area contributed by atoms with Crippen LogP contribution in [-0.2, 0) is 6.42 Å². The van der Waals surface area contributed by atoms with Crippen molar-refractivity contribution in [1.29, 1.82) is 5.41 Å². The first kappa shape index (κ1) is 20.3. The van der Waals surface area contributed by atoms with Crippen LogP contribution in [0, 0.1) is 5.41 Å². The Kier molecular flexibility index (Phi) is 7.03. The van der Waals surface area contributed by atoms with E-state index in [4.69, 9.17) is 15.7 Å². The van der Waals surface area contributed by atoms with E-state index >= 15 is 0 Å². The van der Waals surface area contributed by atoms with E-state index in [0.29, 0.717) is 24.7 Å². The number of nitrogens with two attached hydrogens (primary N) is 1. The van der Waals surface area contributed by atoms with Crippen LogP contribution in [0.1, 0.15) is 69.4 Å². The molecule has 1 fully saturated rings. The fourth-order valence-corrected chi connectivity index (χ4v) is 3.73. The lowest BCUT2D eigenvalue weighted by molar-refractivity contribution is 0.187. The lowest BCUT2D eigenvalue weighted by Gasteiger charge is -2.20. The molecule has 2 aromatic rings. The Labute approximate surface area is 166 Å². The monoisotopic (exact) mass is 385 g/mol. The summed E-state index contributed by atoms with van der Waals surface area (Å²) in [5.74, 6) is 0.810. The molecule has 2 atom stereocenters. The summed E-state index contributed by atoms with van der Waals surface area (Å²) in [5, 5.41) is 21.6. The van der Waals surface area contributed by atoms with Crippen LogP contribution < -0.4 is 5.73 Å². The number of aromatic nitrogens is 2. The summed E-state index contributed by atoms with van der Waals surface area (Å²) in [4.78, 5) is 6.07. The fraction of sp³-hybridized carbons (Fsp3) is 0.571. The minimum Gasteiger partial charge on any atom is -0.391 e. The topological polar surface area (TPSA) is 112 Å². The number of β-amino-alcohol motifs (C(OH)–C–C–N with tert-alkyl or cyclic N) is 1. The molecule has 1 aromatic carbocycles. The molecule has 0 amide bonds. The number of aliphatic hydroxyl groups excluding tert-OH is 1. The molecular weight excluding hydrogens is 354 g/mol. The smallest absolute Gasteiger partial charge is 0.249 e. The predicted molar refractivity (Wildman–Crippen MR) is 109 cm³/mol. The number of nitrogens with one attached hydrogen (secondary N) is 1. The van der Waals surface area contributed by atoms with E-state index in [-0.39, 0.29) is 12.0 Å². The van der Waals surface area contributed by atoms with Crippen LogP contribution in [0.4, 0.5) is 0 Å². The number of hydrogen-bond donors (Lipinski definition) is 3. The summed E-state index contributed by atoms with van der Waals surface area (Å²) in [6, 6.07) is 7.94. The van der Waals surface area contributed by atoms with Gasteiger partial charge in [0, 0.05) is 18.5 Å². The molecule has 1 aliphatic heterocycles. The largest absolute Gasteiger partial charge is 0.391 e. The number of likely N-dealkylation sites (tertiary alicyclic amines) is 1. The quantitative estimate of drug-likeness (QED) is 0.345. The molecule has 1 aromatic heterocycles. The van der Waals surface area contributed by atoms with Crippen LogP contribution in [0.3, 0.4) is 0 Å². The Morgan fingerprint density at radius 1 is 1.21 bits per heavy atom. The van der Waals surface area contributed by atoms with Gasteiger partial charge < -0.3 is 20.3 Å². The van der Waals surface area contributed by atoms with Crippen molar-refractivity contribution >= 4 is 5.96 Å². The summed E-state index contributed by atoms with van der Waals surface area (Å²) < 4.78 is 5.41. The molecular formula is C21H31N5O2. The van der Waals surface area contributed by atoms with Gasteiger partial charge in [-0.1, -0.05) is 68.4 Å². The van der Waals surface area contributed by atoms with Crippen molar-refractivity contribution in [2.24, 2.45) is 5.73 Å². The van der Waals surface area contributed by atoms with Gasteiger partial charge in [-0.3, -0.25) is 5.41 Å². The first-order valence-corrected chi connectivity index (χ1v) is 10.3.